The summed E-state index contributed by atoms with van der Waals surface area (Å²) in [5, 5.41) is 11.7. The van der Waals surface area contributed by atoms with Crippen LogP contribution in [-0.2, 0) is 9.59 Å². The Hall–Kier alpha value is -2.50. The van der Waals surface area contributed by atoms with Crippen LogP contribution >= 0.6 is 0 Å². The summed E-state index contributed by atoms with van der Waals surface area (Å²) in [6.45, 7) is 2.56. The summed E-state index contributed by atoms with van der Waals surface area (Å²) in [7, 11) is 1.55. The number of carboxylic acids is 1. The van der Waals surface area contributed by atoms with Gasteiger partial charge < -0.3 is 19.9 Å². The molecule has 0 saturated heterocycles. The molecule has 0 aromatic heterocycles. The number of nitrogens with one attached hydrogen (secondary N) is 1. The molecule has 148 valence electrons. The Balaban J connectivity index is 1.87. The van der Waals surface area contributed by atoms with Crippen LogP contribution in [0.15, 0.2) is 24.3 Å². The number of aliphatic carboxylic acids is 1. The third-order valence-corrected chi connectivity index (χ3v) is 4.77. The molecule has 2 rings (SSSR count). The fourth-order valence-electron chi connectivity index (χ4n) is 3.14. The predicted octanol–water partition coefficient (Wildman–Crippen LogP) is 3.65. The summed E-state index contributed by atoms with van der Waals surface area (Å²) >= 11 is 0. The summed E-state index contributed by atoms with van der Waals surface area (Å²) in [6, 6.07) is 5.66. The molecule has 1 aliphatic rings. The molecule has 0 bridgehead atoms. The molecule has 0 unspecified atom stereocenters. The number of rotatable bonds is 9. The van der Waals surface area contributed by atoms with Crippen molar-refractivity contribution in [2.24, 2.45) is 5.92 Å². The summed E-state index contributed by atoms with van der Waals surface area (Å²) < 4.78 is 10.9. The standard InChI is InChI=1S/C21H29NO5/c1-15-5-9-17(10-6-15)22-20(23)12-8-16-7-11-18(19(14-16)26-2)27-13-3-4-21(24)25/h7-8,11-12,14-15,17H,3-6,9-10,13H2,1-2H3,(H,22,23)(H,24,25)/b12-8+/t15-,17-. The van der Waals surface area contributed by atoms with Crippen LogP contribution in [-0.4, -0.2) is 36.7 Å². The minimum Gasteiger partial charge on any atom is -0.493 e. The first-order valence-electron chi connectivity index (χ1n) is 9.49. The van der Waals surface area contributed by atoms with Crippen molar-refractivity contribution in [3.63, 3.8) is 0 Å². The topological polar surface area (TPSA) is 84.9 Å². The lowest BCUT2D eigenvalue weighted by molar-refractivity contribution is -0.137. The minimum absolute atomic E-state index is 0.0676. The lowest BCUT2D eigenvalue weighted by Gasteiger charge is -2.26. The van der Waals surface area contributed by atoms with Gasteiger partial charge in [0.2, 0.25) is 5.91 Å². The molecule has 0 spiro atoms. The SMILES string of the molecule is COc1cc(/C=C/C(=O)N[C@H]2CC[C@H](C)CC2)ccc1OCCCC(=O)O. The van der Waals surface area contributed by atoms with Gasteiger partial charge in [0.15, 0.2) is 11.5 Å². The van der Waals surface area contributed by atoms with Crippen molar-refractivity contribution in [1.29, 1.82) is 0 Å². The quantitative estimate of drug-likeness (QED) is 0.508. The molecule has 1 aromatic rings. The molecular weight excluding hydrogens is 346 g/mol. The number of carboxylic acid groups (broad SMARTS) is 1. The van der Waals surface area contributed by atoms with Gasteiger partial charge in [-0.25, -0.2) is 0 Å². The zero-order valence-electron chi connectivity index (χ0n) is 16.1. The van der Waals surface area contributed by atoms with E-state index in [-0.39, 0.29) is 18.4 Å². The summed E-state index contributed by atoms with van der Waals surface area (Å²) in [6.07, 6.45) is 8.21. The van der Waals surface area contributed by atoms with Crippen molar-refractivity contribution < 1.29 is 24.2 Å². The molecule has 27 heavy (non-hydrogen) atoms. The van der Waals surface area contributed by atoms with E-state index < -0.39 is 5.97 Å². The molecule has 1 fully saturated rings. The van der Waals surface area contributed by atoms with E-state index >= 15 is 0 Å². The lowest BCUT2D eigenvalue weighted by Crippen LogP contribution is -2.36. The molecule has 6 heteroatoms. The summed E-state index contributed by atoms with van der Waals surface area (Å²) in [5.74, 6) is 0.940. The van der Waals surface area contributed by atoms with E-state index in [9.17, 15) is 9.59 Å². The normalized spacial score (nSPS) is 19.6. The van der Waals surface area contributed by atoms with E-state index in [0.29, 0.717) is 24.5 Å². The van der Waals surface area contributed by atoms with Crippen LogP contribution in [0.2, 0.25) is 0 Å². The molecule has 2 N–H and O–H groups in total. The smallest absolute Gasteiger partial charge is 0.303 e. The molecule has 0 aliphatic heterocycles. The van der Waals surface area contributed by atoms with Crippen molar-refractivity contribution in [3.05, 3.63) is 29.8 Å². The van der Waals surface area contributed by atoms with Crippen molar-refractivity contribution in [1.82, 2.24) is 5.32 Å². The van der Waals surface area contributed by atoms with Crippen molar-refractivity contribution >= 4 is 18.0 Å². The highest BCUT2D eigenvalue weighted by Gasteiger charge is 2.18. The van der Waals surface area contributed by atoms with Crippen molar-refractivity contribution in [3.8, 4) is 11.5 Å². The molecule has 0 heterocycles. The van der Waals surface area contributed by atoms with Crippen LogP contribution in [0.4, 0.5) is 0 Å². The highest BCUT2D eigenvalue weighted by molar-refractivity contribution is 5.92. The van der Waals surface area contributed by atoms with Gasteiger partial charge in [-0.3, -0.25) is 9.59 Å². The molecule has 1 aliphatic carbocycles. The van der Waals surface area contributed by atoms with Gasteiger partial charge in [0.05, 0.1) is 13.7 Å². The number of carbonyl (C=O) groups is 2. The van der Waals surface area contributed by atoms with E-state index in [2.05, 4.69) is 12.2 Å². The van der Waals surface area contributed by atoms with E-state index in [4.69, 9.17) is 14.6 Å². The van der Waals surface area contributed by atoms with Crippen LogP contribution in [0.3, 0.4) is 0 Å². The van der Waals surface area contributed by atoms with Crippen LogP contribution in [0.5, 0.6) is 11.5 Å². The van der Waals surface area contributed by atoms with Crippen molar-refractivity contribution in [2.75, 3.05) is 13.7 Å². The molecule has 1 saturated carbocycles. The van der Waals surface area contributed by atoms with E-state index in [1.165, 1.54) is 12.8 Å². The monoisotopic (exact) mass is 375 g/mol. The van der Waals surface area contributed by atoms with E-state index in [1.807, 2.05) is 6.07 Å². The number of benzene rings is 1. The van der Waals surface area contributed by atoms with Gasteiger partial charge in [-0.2, -0.15) is 0 Å². The van der Waals surface area contributed by atoms with Gasteiger partial charge in [0.1, 0.15) is 0 Å². The second-order valence-corrected chi connectivity index (χ2v) is 7.05. The Morgan fingerprint density at radius 3 is 2.63 bits per heavy atom. The fraction of sp³-hybridized carbons (Fsp3) is 0.524. The zero-order valence-corrected chi connectivity index (χ0v) is 16.1. The molecule has 6 nitrogen and oxygen atoms in total. The lowest BCUT2D eigenvalue weighted by atomic mass is 9.87. The Kier molecular flexibility index (Phi) is 8.17. The highest BCUT2D eigenvalue weighted by atomic mass is 16.5. The third-order valence-electron chi connectivity index (χ3n) is 4.77. The number of hydrogen-bond acceptors (Lipinski definition) is 4. The van der Waals surface area contributed by atoms with Crippen LogP contribution in [0, 0.1) is 5.92 Å². The molecule has 0 atom stereocenters. The second-order valence-electron chi connectivity index (χ2n) is 7.05. The molecule has 0 radical (unpaired) electrons. The third kappa shape index (κ3) is 7.33. The van der Waals surface area contributed by atoms with Gasteiger partial charge in [0.25, 0.3) is 0 Å². The summed E-state index contributed by atoms with van der Waals surface area (Å²) in [4.78, 5) is 22.6. The first-order valence-corrected chi connectivity index (χ1v) is 9.49. The average molecular weight is 375 g/mol. The highest BCUT2D eigenvalue weighted by Crippen LogP contribution is 2.29. The first kappa shape index (κ1) is 20.8. The maximum absolute atomic E-state index is 12.1. The molecule has 1 aromatic carbocycles. The van der Waals surface area contributed by atoms with Crippen LogP contribution in [0.25, 0.3) is 6.08 Å². The van der Waals surface area contributed by atoms with Gasteiger partial charge in [-0.05, 0) is 61.8 Å². The largest absolute Gasteiger partial charge is 0.493 e. The van der Waals surface area contributed by atoms with Crippen LogP contribution < -0.4 is 14.8 Å². The van der Waals surface area contributed by atoms with E-state index in [0.717, 1.165) is 24.3 Å². The Bertz CT molecular complexity index is 663. The predicted molar refractivity (Wildman–Crippen MR) is 104 cm³/mol. The van der Waals surface area contributed by atoms with Gasteiger partial charge in [-0.15, -0.1) is 0 Å². The Morgan fingerprint density at radius 2 is 1.96 bits per heavy atom. The van der Waals surface area contributed by atoms with E-state index in [1.54, 1.807) is 31.4 Å². The summed E-state index contributed by atoms with van der Waals surface area (Å²) in [5.41, 5.74) is 0.831. The molecule has 1 amide bonds. The zero-order chi connectivity index (χ0) is 19.6. The van der Waals surface area contributed by atoms with Gasteiger partial charge >= 0.3 is 5.97 Å². The van der Waals surface area contributed by atoms with Gasteiger partial charge in [0, 0.05) is 18.5 Å². The Morgan fingerprint density at radius 1 is 1.22 bits per heavy atom. The fourth-order valence-corrected chi connectivity index (χ4v) is 3.14. The van der Waals surface area contributed by atoms with Crippen LogP contribution in [0.1, 0.15) is 51.0 Å². The number of carbonyl (C=O) groups excluding carboxylic acids is 1. The number of amides is 1. The van der Waals surface area contributed by atoms with Gasteiger partial charge in [-0.1, -0.05) is 13.0 Å². The van der Waals surface area contributed by atoms with Crippen molar-refractivity contribution in [2.45, 2.75) is 51.5 Å². The Labute approximate surface area is 160 Å². The number of methoxy groups -OCH3 is 1. The number of hydrogen-bond donors (Lipinski definition) is 2. The second kappa shape index (κ2) is 10.6. The maximum Gasteiger partial charge on any atom is 0.303 e. The first-order chi connectivity index (χ1) is 13.0. The minimum atomic E-state index is -0.841. The maximum atomic E-state index is 12.1. The number of ether oxygens (including phenoxy) is 2. The molecular formula is C21H29NO5. The average Bonchev–Trinajstić information content (AvgIpc) is 2.65.